The molecule has 6 nitrogen and oxygen atoms in total. The van der Waals surface area contributed by atoms with Gasteiger partial charge < -0.3 is 16.1 Å². The van der Waals surface area contributed by atoms with Crippen molar-refractivity contribution in [3.05, 3.63) is 24.5 Å². The highest BCUT2D eigenvalue weighted by Crippen LogP contribution is 1.94. The van der Waals surface area contributed by atoms with E-state index in [1.165, 1.54) is 11.5 Å². The molecule has 0 aliphatic rings. The second-order valence-electron chi connectivity index (χ2n) is 2.65. The number of nitrogens with zero attached hydrogens (tertiary/aromatic N) is 3. The topological polar surface area (TPSA) is 95.1 Å². The molecule has 0 atom stereocenters. The number of pyridine rings is 1. The van der Waals surface area contributed by atoms with Gasteiger partial charge in [0.25, 0.3) is 0 Å². The van der Waals surface area contributed by atoms with Gasteiger partial charge in [-0.1, -0.05) is 5.16 Å². The molecule has 1 heterocycles. The van der Waals surface area contributed by atoms with Crippen molar-refractivity contribution >= 4 is 17.2 Å². The number of oxime groups is 2. The zero-order valence-corrected chi connectivity index (χ0v) is 7.62. The highest BCUT2D eigenvalue weighted by Gasteiger charge is 2.17. The van der Waals surface area contributed by atoms with E-state index in [9.17, 15) is 0 Å². The maximum Gasteiger partial charge on any atom is 0.398 e. The van der Waals surface area contributed by atoms with E-state index in [1.54, 1.807) is 24.5 Å². The van der Waals surface area contributed by atoms with E-state index in [4.69, 9.17) is 16.1 Å². The monoisotopic (exact) mass is 195 g/mol. The predicted octanol–water partition coefficient (Wildman–Crippen LogP) is 0.0422. The molecule has 0 spiro atoms. The van der Waals surface area contributed by atoms with Crippen LogP contribution in [0.15, 0.2) is 34.8 Å². The van der Waals surface area contributed by atoms with Gasteiger partial charge >= 0.3 is 5.84 Å². The van der Waals surface area contributed by atoms with Crippen LogP contribution >= 0.6 is 0 Å². The van der Waals surface area contributed by atoms with E-state index in [2.05, 4.69) is 10.3 Å². The van der Waals surface area contributed by atoms with Crippen molar-refractivity contribution in [3.63, 3.8) is 0 Å². The SMILES string of the molecule is CC(=N/O)/C(=N/O)[n+]1ccc(N)cc1. The lowest BCUT2D eigenvalue weighted by Gasteiger charge is -1.97. The molecular weight excluding hydrogens is 184 g/mol. The van der Waals surface area contributed by atoms with Gasteiger partial charge in [-0.3, -0.25) is 0 Å². The maximum atomic E-state index is 8.69. The van der Waals surface area contributed by atoms with E-state index in [-0.39, 0.29) is 11.5 Å². The third kappa shape index (κ3) is 1.98. The molecule has 0 radical (unpaired) electrons. The van der Waals surface area contributed by atoms with Crippen molar-refractivity contribution in [2.45, 2.75) is 6.92 Å². The molecular formula is C8H11N4O2+. The van der Waals surface area contributed by atoms with E-state index in [1.807, 2.05) is 0 Å². The molecule has 0 aliphatic carbocycles. The molecule has 0 saturated carbocycles. The predicted molar refractivity (Wildman–Crippen MR) is 50.6 cm³/mol. The summed E-state index contributed by atoms with van der Waals surface area (Å²) >= 11 is 0. The van der Waals surface area contributed by atoms with E-state index < -0.39 is 0 Å². The summed E-state index contributed by atoms with van der Waals surface area (Å²) in [6, 6.07) is 3.27. The average molecular weight is 195 g/mol. The third-order valence-corrected chi connectivity index (χ3v) is 1.67. The molecule has 0 unspecified atom stereocenters. The first-order valence-corrected chi connectivity index (χ1v) is 3.87. The largest absolute Gasteiger partial charge is 0.410 e. The minimum Gasteiger partial charge on any atom is -0.410 e. The van der Waals surface area contributed by atoms with Crippen LogP contribution < -0.4 is 10.3 Å². The van der Waals surface area contributed by atoms with Crippen molar-refractivity contribution in [1.82, 2.24) is 0 Å². The molecule has 1 aromatic heterocycles. The van der Waals surface area contributed by atoms with Gasteiger partial charge in [-0.05, 0) is 6.92 Å². The first kappa shape index (κ1) is 9.97. The summed E-state index contributed by atoms with van der Waals surface area (Å²) in [4.78, 5) is 0. The van der Waals surface area contributed by atoms with Gasteiger partial charge in [-0.15, -0.1) is 0 Å². The standard InChI is InChI=1S/C8H10N4O2/c1-6(10-13)8(11-14)12-4-2-7(9)3-5-12/h2-5,9H,1H3,(H2,10,11,13,14)/p+1. The zero-order chi connectivity index (χ0) is 10.6. The summed E-state index contributed by atoms with van der Waals surface area (Å²) in [5, 5.41) is 23.1. The lowest BCUT2D eigenvalue weighted by molar-refractivity contribution is -0.553. The van der Waals surface area contributed by atoms with Crippen molar-refractivity contribution in [3.8, 4) is 0 Å². The van der Waals surface area contributed by atoms with E-state index >= 15 is 0 Å². The Hall–Kier alpha value is -2.11. The van der Waals surface area contributed by atoms with Crippen LogP contribution in [0.4, 0.5) is 5.69 Å². The van der Waals surface area contributed by atoms with Crippen molar-refractivity contribution in [1.29, 1.82) is 0 Å². The lowest BCUT2D eigenvalue weighted by Crippen LogP contribution is -2.46. The fourth-order valence-corrected chi connectivity index (χ4v) is 0.935. The van der Waals surface area contributed by atoms with Gasteiger partial charge in [-0.25, -0.2) is 0 Å². The number of aromatic nitrogens is 1. The zero-order valence-electron chi connectivity index (χ0n) is 7.62. The summed E-state index contributed by atoms with van der Waals surface area (Å²) in [5.74, 6) is 0.132. The quantitative estimate of drug-likeness (QED) is 0.194. The van der Waals surface area contributed by atoms with Gasteiger partial charge in [-0.2, -0.15) is 4.57 Å². The smallest absolute Gasteiger partial charge is 0.398 e. The van der Waals surface area contributed by atoms with Crippen LogP contribution in [0.2, 0.25) is 0 Å². The minimum atomic E-state index is 0.132. The van der Waals surface area contributed by atoms with Crippen LogP contribution in [0.25, 0.3) is 0 Å². The Labute approximate surface area is 80.6 Å². The lowest BCUT2D eigenvalue weighted by atomic mass is 10.3. The number of nitrogens with two attached hydrogens (primary N) is 1. The van der Waals surface area contributed by atoms with Crippen LogP contribution in [0.1, 0.15) is 6.92 Å². The van der Waals surface area contributed by atoms with Crippen LogP contribution in [-0.2, 0) is 0 Å². The fraction of sp³-hybridized carbons (Fsp3) is 0.125. The Balaban J connectivity index is 3.09. The Morgan fingerprint density at radius 3 is 2.29 bits per heavy atom. The number of nitrogen functional groups attached to an aromatic ring is 1. The average Bonchev–Trinajstić information content (AvgIpc) is 2.21. The Kier molecular flexibility index (Phi) is 3.01. The van der Waals surface area contributed by atoms with Gasteiger partial charge in [0.15, 0.2) is 10.9 Å². The normalized spacial score (nSPS) is 12.9. The second-order valence-corrected chi connectivity index (χ2v) is 2.65. The molecule has 4 N–H and O–H groups in total. The highest BCUT2D eigenvalue weighted by atomic mass is 16.4. The summed E-state index contributed by atoms with van der Waals surface area (Å²) in [6.07, 6.45) is 3.19. The molecule has 14 heavy (non-hydrogen) atoms. The Morgan fingerprint density at radius 1 is 1.29 bits per heavy atom. The first-order valence-electron chi connectivity index (χ1n) is 3.87. The molecule has 0 bridgehead atoms. The maximum absolute atomic E-state index is 8.69. The molecule has 0 fully saturated rings. The van der Waals surface area contributed by atoms with Gasteiger partial charge in [0.2, 0.25) is 0 Å². The van der Waals surface area contributed by atoms with Crippen LogP contribution in [0, 0.1) is 0 Å². The van der Waals surface area contributed by atoms with Gasteiger partial charge in [0.05, 0.1) is 12.4 Å². The fourth-order valence-electron chi connectivity index (χ4n) is 0.935. The third-order valence-electron chi connectivity index (χ3n) is 1.67. The number of hydrogen-bond acceptors (Lipinski definition) is 5. The van der Waals surface area contributed by atoms with Gasteiger partial charge in [0.1, 0.15) is 0 Å². The second kappa shape index (κ2) is 4.22. The van der Waals surface area contributed by atoms with E-state index in [0.29, 0.717) is 5.69 Å². The summed E-state index contributed by atoms with van der Waals surface area (Å²) in [5.41, 5.74) is 6.27. The van der Waals surface area contributed by atoms with Crippen molar-refractivity contribution < 1.29 is 15.0 Å². The first-order chi connectivity index (χ1) is 6.69. The molecule has 0 aromatic carbocycles. The number of rotatable bonds is 1. The Morgan fingerprint density at radius 2 is 1.86 bits per heavy atom. The van der Waals surface area contributed by atoms with Crippen LogP contribution in [0.3, 0.4) is 0 Å². The molecule has 1 aromatic rings. The molecule has 6 heteroatoms. The van der Waals surface area contributed by atoms with E-state index in [0.717, 1.165) is 0 Å². The summed E-state index contributed by atoms with van der Waals surface area (Å²) < 4.78 is 1.48. The summed E-state index contributed by atoms with van der Waals surface area (Å²) in [6.45, 7) is 1.51. The number of hydrogen-bond donors (Lipinski definition) is 3. The molecule has 0 amide bonds. The molecule has 0 saturated heterocycles. The van der Waals surface area contributed by atoms with Gasteiger partial charge in [0, 0.05) is 17.8 Å². The van der Waals surface area contributed by atoms with Crippen molar-refractivity contribution in [2.75, 3.05) is 5.73 Å². The van der Waals surface area contributed by atoms with Crippen LogP contribution in [-0.4, -0.2) is 22.0 Å². The molecule has 1 rings (SSSR count). The highest BCUT2D eigenvalue weighted by molar-refractivity contribution is 6.36. The molecule has 74 valence electrons. The summed E-state index contributed by atoms with van der Waals surface area (Å²) in [7, 11) is 0. The number of anilines is 1. The van der Waals surface area contributed by atoms with Crippen LogP contribution in [0.5, 0.6) is 0 Å². The minimum absolute atomic E-state index is 0.132. The molecule has 0 aliphatic heterocycles. The Bertz CT molecular complexity index is 369. The van der Waals surface area contributed by atoms with Crippen molar-refractivity contribution in [2.24, 2.45) is 10.3 Å².